The molecule has 3 atom stereocenters. The molecule has 0 spiro atoms. The standard InChI is InChI=1S/C7H14N2O2/c1-5-2-10-3-6-7(5,8)4-11-9-6/h5-6,9H,2-4,8H2,1H3. The molecular weight excluding hydrogens is 144 g/mol. The molecule has 2 aliphatic heterocycles. The highest BCUT2D eigenvalue weighted by Crippen LogP contribution is 2.27. The second-order valence-corrected chi connectivity index (χ2v) is 3.51. The van der Waals surface area contributed by atoms with Gasteiger partial charge in [0.2, 0.25) is 0 Å². The Hall–Kier alpha value is -0.160. The van der Waals surface area contributed by atoms with Gasteiger partial charge >= 0.3 is 0 Å². The first-order valence-electron chi connectivity index (χ1n) is 3.97. The van der Waals surface area contributed by atoms with E-state index in [0.29, 0.717) is 19.1 Å². The Morgan fingerprint density at radius 2 is 2.36 bits per heavy atom. The van der Waals surface area contributed by atoms with Crippen LogP contribution in [0.25, 0.3) is 0 Å². The summed E-state index contributed by atoms with van der Waals surface area (Å²) < 4.78 is 5.34. The maximum absolute atomic E-state index is 6.14. The van der Waals surface area contributed by atoms with Gasteiger partial charge in [-0.25, -0.2) is 0 Å². The van der Waals surface area contributed by atoms with E-state index in [1.807, 2.05) is 0 Å². The summed E-state index contributed by atoms with van der Waals surface area (Å²) >= 11 is 0. The minimum atomic E-state index is -0.210. The van der Waals surface area contributed by atoms with Crippen LogP contribution in [0.4, 0.5) is 0 Å². The summed E-state index contributed by atoms with van der Waals surface area (Å²) in [5.41, 5.74) is 8.81. The zero-order valence-electron chi connectivity index (χ0n) is 6.67. The van der Waals surface area contributed by atoms with E-state index in [2.05, 4.69) is 12.4 Å². The Balaban J connectivity index is 2.17. The van der Waals surface area contributed by atoms with Gasteiger partial charge in [-0.15, -0.1) is 0 Å². The molecule has 2 fully saturated rings. The lowest BCUT2D eigenvalue weighted by Crippen LogP contribution is -2.62. The van der Waals surface area contributed by atoms with E-state index >= 15 is 0 Å². The van der Waals surface area contributed by atoms with E-state index in [1.165, 1.54) is 0 Å². The maximum atomic E-state index is 6.14. The lowest BCUT2D eigenvalue weighted by atomic mass is 9.80. The molecule has 3 N–H and O–H groups in total. The number of hydrogen-bond acceptors (Lipinski definition) is 4. The van der Waals surface area contributed by atoms with E-state index in [9.17, 15) is 0 Å². The molecule has 64 valence electrons. The van der Waals surface area contributed by atoms with Crippen molar-refractivity contribution >= 4 is 0 Å². The van der Waals surface area contributed by atoms with Crippen molar-refractivity contribution in [2.75, 3.05) is 19.8 Å². The van der Waals surface area contributed by atoms with Crippen molar-refractivity contribution in [1.82, 2.24) is 5.48 Å². The molecule has 0 aliphatic carbocycles. The van der Waals surface area contributed by atoms with E-state index in [0.717, 1.165) is 6.61 Å². The normalized spacial score (nSPS) is 50.7. The van der Waals surface area contributed by atoms with Crippen molar-refractivity contribution in [3.63, 3.8) is 0 Å². The predicted molar refractivity (Wildman–Crippen MR) is 39.8 cm³/mol. The Bertz CT molecular complexity index is 165. The molecule has 0 aromatic rings. The summed E-state index contributed by atoms with van der Waals surface area (Å²) in [7, 11) is 0. The minimum absolute atomic E-state index is 0.172. The third-order valence-corrected chi connectivity index (χ3v) is 2.77. The van der Waals surface area contributed by atoms with Gasteiger partial charge in [-0.3, -0.25) is 4.84 Å². The molecule has 3 unspecified atom stereocenters. The van der Waals surface area contributed by atoms with Crippen LogP contribution in [0.1, 0.15) is 6.92 Å². The molecule has 0 amide bonds. The van der Waals surface area contributed by atoms with Crippen molar-refractivity contribution in [2.45, 2.75) is 18.5 Å². The summed E-state index contributed by atoms with van der Waals surface area (Å²) in [6.07, 6.45) is 0. The fourth-order valence-electron chi connectivity index (χ4n) is 1.67. The summed E-state index contributed by atoms with van der Waals surface area (Å²) in [5.74, 6) is 0.372. The molecule has 4 nitrogen and oxygen atoms in total. The van der Waals surface area contributed by atoms with Gasteiger partial charge in [0, 0.05) is 5.92 Å². The Morgan fingerprint density at radius 3 is 3.09 bits per heavy atom. The van der Waals surface area contributed by atoms with Gasteiger partial charge in [0.1, 0.15) is 0 Å². The monoisotopic (exact) mass is 158 g/mol. The number of fused-ring (bicyclic) bond motifs is 1. The van der Waals surface area contributed by atoms with Crippen molar-refractivity contribution in [2.24, 2.45) is 11.7 Å². The van der Waals surface area contributed by atoms with Crippen molar-refractivity contribution in [1.29, 1.82) is 0 Å². The minimum Gasteiger partial charge on any atom is -0.379 e. The van der Waals surface area contributed by atoms with E-state index in [4.69, 9.17) is 15.3 Å². The highest BCUT2D eigenvalue weighted by atomic mass is 16.7. The van der Waals surface area contributed by atoms with Gasteiger partial charge in [0.25, 0.3) is 0 Å². The highest BCUT2D eigenvalue weighted by Gasteiger charge is 2.47. The largest absolute Gasteiger partial charge is 0.379 e. The number of nitrogens with one attached hydrogen (secondary N) is 1. The first-order valence-corrected chi connectivity index (χ1v) is 3.97. The first-order chi connectivity index (χ1) is 5.23. The molecule has 4 heteroatoms. The molecule has 2 rings (SSSR count). The van der Waals surface area contributed by atoms with E-state index in [1.54, 1.807) is 0 Å². The third-order valence-electron chi connectivity index (χ3n) is 2.77. The molecule has 0 aromatic carbocycles. The van der Waals surface area contributed by atoms with Crippen LogP contribution in [0.5, 0.6) is 0 Å². The highest BCUT2D eigenvalue weighted by molar-refractivity contribution is 5.03. The van der Waals surface area contributed by atoms with Gasteiger partial charge in [-0.05, 0) is 0 Å². The van der Waals surface area contributed by atoms with Crippen molar-refractivity contribution < 1.29 is 9.57 Å². The van der Waals surface area contributed by atoms with Crippen LogP contribution in [-0.4, -0.2) is 31.4 Å². The van der Waals surface area contributed by atoms with Gasteiger partial charge in [-0.2, -0.15) is 5.48 Å². The Labute approximate surface area is 66.0 Å². The number of hydrogen-bond donors (Lipinski definition) is 2. The average molecular weight is 158 g/mol. The Kier molecular flexibility index (Phi) is 1.64. The van der Waals surface area contributed by atoms with Crippen LogP contribution in [0.2, 0.25) is 0 Å². The lowest BCUT2D eigenvalue weighted by Gasteiger charge is -2.38. The summed E-state index contributed by atoms with van der Waals surface area (Å²) in [6, 6.07) is 0.172. The van der Waals surface area contributed by atoms with Gasteiger partial charge in [0.05, 0.1) is 31.4 Å². The fourth-order valence-corrected chi connectivity index (χ4v) is 1.67. The Morgan fingerprint density at radius 1 is 1.55 bits per heavy atom. The van der Waals surface area contributed by atoms with Gasteiger partial charge in [0.15, 0.2) is 0 Å². The topological polar surface area (TPSA) is 56.5 Å². The van der Waals surface area contributed by atoms with Crippen molar-refractivity contribution in [3.8, 4) is 0 Å². The van der Waals surface area contributed by atoms with Crippen LogP contribution in [-0.2, 0) is 9.57 Å². The zero-order valence-corrected chi connectivity index (χ0v) is 6.67. The number of hydroxylamine groups is 1. The number of ether oxygens (including phenoxy) is 1. The fraction of sp³-hybridized carbons (Fsp3) is 1.00. The molecule has 2 aliphatic rings. The SMILES string of the molecule is CC1COCC2NOCC12N. The maximum Gasteiger partial charge on any atom is 0.0882 e. The smallest absolute Gasteiger partial charge is 0.0882 e. The third kappa shape index (κ3) is 0.980. The molecule has 2 heterocycles. The van der Waals surface area contributed by atoms with E-state index in [-0.39, 0.29) is 11.6 Å². The van der Waals surface area contributed by atoms with Crippen LogP contribution in [0.15, 0.2) is 0 Å². The lowest BCUT2D eigenvalue weighted by molar-refractivity contribution is 0.000324. The number of rotatable bonds is 0. The average Bonchev–Trinajstić information content (AvgIpc) is 2.34. The molecule has 2 saturated heterocycles. The van der Waals surface area contributed by atoms with E-state index < -0.39 is 0 Å². The van der Waals surface area contributed by atoms with Crippen LogP contribution < -0.4 is 11.2 Å². The summed E-state index contributed by atoms with van der Waals surface area (Å²) in [4.78, 5) is 5.11. The molecule has 11 heavy (non-hydrogen) atoms. The van der Waals surface area contributed by atoms with Crippen LogP contribution in [0, 0.1) is 5.92 Å². The van der Waals surface area contributed by atoms with Gasteiger partial charge in [-0.1, -0.05) is 6.92 Å². The predicted octanol–water partition coefficient (Wildman–Crippen LogP) is -0.746. The second kappa shape index (κ2) is 2.42. The van der Waals surface area contributed by atoms with Crippen LogP contribution >= 0.6 is 0 Å². The molecule has 0 saturated carbocycles. The zero-order chi connectivity index (χ0) is 7.90. The second-order valence-electron chi connectivity index (χ2n) is 3.51. The molecule has 0 radical (unpaired) electrons. The summed E-state index contributed by atoms with van der Waals surface area (Å²) in [5, 5.41) is 0. The molecular formula is C7H14N2O2. The summed E-state index contributed by atoms with van der Waals surface area (Å²) in [6.45, 7) is 4.11. The molecule has 0 bridgehead atoms. The van der Waals surface area contributed by atoms with Crippen molar-refractivity contribution in [3.05, 3.63) is 0 Å². The number of nitrogens with two attached hydrogens (primary N) is 1. The molecule has 0 aromatic heterocycles. The quantitative estimate of drug-likeness (QED) is 0.487. The first kappa shape index (κ1) is 7.49. The van der Waals surface area contributed by atoms with Gasteiger partial charge < -0.3 is 10.5 Å². The van der Waals surface area contributed by atoms with Crippen LogP contribution in [0.3, 0.4) is 0 Å².